The average Bonchev–Trinajstić information content (AvgIpc) is 2.46. The molecule has 0 bridgehead atoms. The van der Waals surface area contributed by atoms with E-state index >= 15 is 0 Å². The summed E-state index contributed by atoms with van der Waals surface area (Å²) in [6, 6.07) is 17.3. The molecule has 0 saturated heterocycles. The predicted octanol–water partition coefficient (Wildman–Crippen LogP) is 3.97. The zero-order valence-corrected chi connectivity index (χ0v) is 12.6. The van der Waals surface area contributed by atoms with Gasteiger partial charge in [-0.2, -0.15) is 0 Å². The van der Waals surface area contributed by atoms with E-state index in [0.717, 1.165) is 11.3 Å². The lowest BCUT2D eigenvalue weighted by atomic mass is 9.87. The van der Waals surface area contributed by atoms with Gasteiger partial charge in [-0.15, -0.1) is 0 Å². The number of hydrogen-bond donors (Lipinski definition) is 1. The number of hydrogen-bond acceptors (Lipinski definition) is 1. The second kappa shape index (κ2) is 6.28. The molecule has 0 unspecified atom stereocenters. The third-order valence-corrected chi connectivity index (χ3v) is 3.10. The average molecular weight is 277 g/mol. The van der Waals surface area contributed by atoms with Crippen molar-refractivity contribution in [3.05, 3.63) is 65.7 Å². The molecule has 0 atom stereocenters. The topological polar surface area (TPSA) is 29.1 Å². The standard InChI is InChI=1S/C19H19NO/c1-19(2,3)16-10-12-17(13-11-16)20-18(21)14-9-15-7-5-4-6-8-15/h4-8,10-13H,1-3H3,(H,20,21). The van der Waals surface area contributed by atoms with Crippen molar-refractivity contribution in [3.8, 4) is 11.8 Å². The Hall–Kier alpha value is -2.53. The van der Waals surface area contributed by atoms with Crippen molar-refractivity contribution in [1.82, 2.24) is 0 Å². The van der Waals surface area contributed by atoms with Crippen LogP contribution < -0.4 is 5.32 Å². The fraction of sp³-hybridized carbons (Fsp3) is 0.211. The SMILES string of the molecule is CC(C)(C)c1ccc(NC(=O)C#Cc2ccccc2)cc1. The lowest BCUT2D eigenvalue weighted by Gasteiger charge is -2.19. The van der Waals surface area contributed by atoms with Crippen LogP contribution in [0.1, 0.15) is 31.9 Å². The Bertz CT molecular complexity index is 667. The molecule has 0 aliphatic rings. The molecule has 106 valence electrons. The Balaban J connectivity index is 2.02. The number of carbonyl (C=O) groups excluding carboxylic acids is 1. The van der Waals surface area contributed by atoms with Gasteiger partial charge in [0, 0.05) is 17.2 Å². The van der Waals surface area contributed by atoms with Crippen LogP contribution >= 0.6 is 0 Å². The van der Waals surface area contributed by atoms with Crippen LogP contribution in [0.5, 0.6) is 0 Å². The van der Waals surface area contributed by atoms with E-state index in [0.29, 0.717) is 0 Å². The lowest BCUT2D eigenvalue weighted by molar-refractivity contribution is -0.111. The van der Waals surface area contributed by atoms with Crippen molar-refractivity contribution < 1.29 is 4.79 Å². The van der Waals surface area contributed by atoms with Gasteiger partial charge in [-0.3, -0.25) is 4.79 Å². The fourth-order valence-corrected chi connectivity index (χ4v) is 1.87. The van der Waals surface area contributed by atoms with Gasteiger partial charge in [0.05, 0.1) is 0 Å². The van der Waals surface area contributed by atoms with Gasteiger partial charge < -0.3 is 5.32 Å². The van der Waals surface area contributed by atoms with Crippen molar-refractivity contribution in [2.24, 2.45) is 0 Å². The summed E-state index contributed by atoms with van der Waals surface area (Å²) in [4.78, 5) is 11.8. The first kappa shape index (κ1) is 14.9. The number of amides is 1. The minimum Gasteiger partial charge on any atom is -0.315 e. The molecule has 0 fully saturated rings. The maximum atomic E-state index is 11.8. The maximum Gasteiger partial charge on any atom is 0.300 e. The normalized spacial score (nSPS) is 10.4. The van der Waals surface area contributed by atoms with E-state index in [4.69, 9.17) is 0 Å². The minimum absolute atomic E-state index is 0.107. The van der Waals surface area contributed by atoms with E-state index in [1.54, 1.807) is 0 Å². The van der Waals surface area contributed by atoms with E-state index in [-0.39, 0.29) is 11.3 Å². The summed E-state index contributed by atoms with van der Waals surface area (Å²) in [5.41, 5.74) is 2.93. The first-order chi connectivity index (χ1) is 9.95. The van der Waals surface area contributed by atoms with Gasteiger partial charge in [0.25, 0.3) is 0 Å². The zero-order chi connectivity index (χ0) is 15.3. The summed E-state index contributed by atoms with van der Waals surface area (Å²) in [5, 5.41) is 2.78. The van der Waals surface area contributed by atoms with Crippen LogP contribution in [0.15, 0.2) is 54.6 Å². The first-order valence-corrected chi connectivity index (χ1v) is 6.94. The van der Waals surface area contributed by atoms with Gasteiger partial charge in [0.15, 0.2) is 0 Å². The van der Waals surface area contributed by atoms with E-state index in [1.807, 2.05) is 54.6 Å². The molecule has 21 heavy (non-hydrogen) atoms. The summed E-state index contributed by atoms with van der Waals surface area (Å²) in [7, 11) is 0. The summed E-state index contributed by atoms with van der Waals surface area (Å²) < 4.78 is 0. The van der Waals surface area contributed by atoms with Crippen molar-refractivity contribution >= 4 is 11.6 Å². The highest BCUT2D eigenvalue weighted by Gasteiger charge is 2.12. The highest BCUT2D eigenvalue weighted by molar-refractivity contribution is 6.04. The monoisotopic (exact) mass is 277 g/mol. The van der Waals surface area contributed by atoms with E-state index in [1.165, 1.54) is 5.56 Å². The largest absolute Gasteiger partial charge is 0.315 e. The Morgan fingerprint density at radius 2 is 1.57 bits per heavy atom. The van der Waals surface area contributed by atoms with Crippen molar-refractivity contribution in [2.45, 2.75) is 26.2 Å². The number of carbonyl (C=O) groups is 1. The molecule has 0 aliphatic carbocycles. The van der Waals surface area contributed by atoms with Crippen molar-refractivity contribution in [1.29, 1.82) is 0 Å². The summed E-state index contributed by atoms with van der Waals surface area (Å²) in [5.74, 6) is 5.13. The molecule has 0 heterocycles. The van der Waals surface area contributed by atoms with Gasteiger partial charge in [0.2, 0.25) is 0 Å². The van der Waals surface area contributed by atoms with Gasteiger partial charge in [0.1, 0.15) is 0 Å². The zero-order valence-electron chi connectivity index (χ0n) is 12.6. The fourth-order valence-electron chi connectivity index (χ4n) is 1.87. The Labute approximate surface area is 126 Å². The molecule has 2 aromatic rings. The Morgan fingerprint density at radius 3 is 2.14 bits per heavy atom. The summed E-state index contributed by atoms with van der Waals surface area (Å²) in [6.45, 7) is 6.48. The van der Waals surface area contributed by atoms with Crippen LogP contribution in [0, 0.1) is 11.8 Å². The molecule has 0 radical (unpaired) electrons. The molecule has 0 saturated carbocycles. The third kappa shape index (κ3) is 4.50. The molecule has 0 spiro atoms. The van der Waals surface area contributed by atoms with Crippen LogP contribution in [0.2, 0.25) is 0 Å². The number of benzene rings is 2. The first-order valence-electron chi connectivity index (χ1n) is 6.94. The molecule has 1 amide bonds. The lowest BCUT2D eigenvalue weighted by Crippen LogP contribution is -2.12. The smallest absolute Gasteiger partial charge is 0.300 e. The van der Waals surface area contributed by atoms with Gasteiger partial charge in [-0.1, -0.05) is 57.0 Å². The molecule has 2 rings (SSSR count). The summed E-state index contributed by atoms with van der Waals surface area (Å²) >= 11 is 0. The van der Waals surface area contributed by atoms with Crippen LogP contribution in [0.4, 0.5) is 5.69 Å². The molecule has 2 heteroatoms. The highest BCUT2D eigenvalue weighted by atomic mass is 16.1. The number of rotatable bonds is 1. The molecule has 2 nitrogen and oxygen atoms in total. The van der Waals surface area contributed by atoms with Crippen molar-refractivity contribution in [2.75, 3.05) is 5.32 Å². The van der Waals surface area contributed by atoms with Gasteiger partial charge >= 0.3 is 5.91 Å². The molecule has 0 aromatic heterocycles. The highest BCUT2D eigenvalue weighted by Crippen LogP contribution is 2.23. The van der Waals surface area contributed by atoms with E-state index in [9.17, 15) is 4.79 Å². The van der Waals surface area contributed by atoms with E-state index in [2.05, 4.69) is 37.9 Å². The molecule has 1 N–H and O–H groups in total. The van der Waals surface area contributed by atoms with Crippen LogP contribution in [-0.2, 0) is 10.2 Å². The second-order valence-corrected chi connectivity index (χ2v) is 5.90. The molecular formula is C19H19NO. The van der Waals surface area contributed by atoms with Gasteiger partial charge in [-0.05, 0) is 35.2 Å². The van der Waals surface area contributed by atoms with Crippen LogP contribution in [0.25, 0.3) is 0 Å². The molecule has 0 aliphatic heterocycles. The maximum absolute atomic E-state index is 11.8. The predicted molar refractivity (Wildman–Crippen MR) is 87.1 cm³/mol. The minimum atomic E-state index is -0.303. The second-order valence-electron chi connectivity index (χ2n) is 5.90. The quantitative estimate of drug-likeness (QED) is 0.785. The van der Waals surface area contributed by atoms with Crippen LogP contribution in [-0.4, -0.2) is 5.91 Å². The summed E-state index contributed by atoms with van der Waals surface area (Å²) in [6.07, 6.45) is 0. The number of nitrogens with one attached hydrogen (secondary N) is 1. The third-order valence-electron chi connectivity index (χ3n) is 3.10. The molecular weight excluding hydrogens is 258 g/mol. The Kier molecular flexibility index (Phi) is 4.45. The molecule has 2 aromatic carbocycles. The van der Waals surface area contributed by atoms with Crippen LogP contribution in [0.3, 0.4) is 0 Å². The van der Waals surface area contributed by atoms with E-state index < -0.39 is 0 Å². The number of anilines is 1. The van der Waals surface area contributed by atoms with Gasteiger partial charge in [-0.25, -0.2) is 0 Å². The Morgan fingerprint density at radius 1 is 0.952 bits per heavy atom. The van der Waals surface area contributed by atoms with Crippen molar-refractivity contribution in [3.63, 3.8) is 0 Å².